The number of primary amides is 1. The third kappa shape index (κ3) is 4.24. The highest BCUT2D eigenvalue weighted by atomic mass is 79.9. The standard InChI is InChI=1S/C20H20BrN5O3/c21-12-7-9-26-16(11-24-17(26)10-12)19(28)25-13-3-5-14(6-4-13)29-20-15(18(22)27)2-1-8-23-20/h1-2,7-11,13-14H,3-6H2,(H2,22,27)(H,25,28)/t13-,14-. The van der Waals surface area contributed by atoms with Crippen molar-refractivity contribution in [3.8, 4) is 5.88 Å². The monoisotopic (exact) mass is 457 g/mol. The van der Waals surface area contributed by atoms with E-state index in [4.69, 9.17) is 10.5 Å². The fourth-order valence-corrected chi connectivity index (χ4v) is 3.86. The minimum atomic E-state index is -0.561. The van der Waals surface area contributed by atoms with Crippen LogP contribution in [0.15, 0.2) is 47.3 Å². The summed E-state index contributed by atoms with van der Waals surface area (Å²) in [6.45, 7) is 0. The van der Waals surface area contributed by atoms with Gasteiger partial charge in [0.2, 0.25) is 5.88 Å². The number of hydrogen-bond donors (Lipinski definition) is 2. The average Bonchev–Trinajstić information content (AvgIpc) is 3.13. The first-order chi connectivity index (χ1) is 14.0. The summed E-state index contributed by atoms with van der Waals surface area (Å²) < 4.78 is 8.57. The quantitative estimate of drug-likeness (QED) is 0.611. The van der Waals surface area contributed by atoms with Gasteiger partial charge >= 0.3 is 0 Å². The minimum Gasteiger partial charge on any atom is -0.474 e. The van der Waals surface area contributed by atoms with Crippen LogP contribution in [0, 0.1) is 0 Å². The van der Waals surface area contributed by atoms with Crippen LogP contribution in [0.5, 0.6) is 5.88 Å². The van der Waals surface area contributed by atoms with E-state index in [1.165, 1.54) is 0 Å². The zero-order chi connectivity index (χ0) is 20.4. The Kier molecular flexibility index (Phi) is 5.48. The molecule has 150 valence electrons. The number of pyridine rings is 2. The fraction of sp³-hybridized carbons (Fsp3) is 0.300. The predicted octanol–water partition coefficient (Wildman–Crippen LogP) is 2.71. The number of aromatic nitrogens is 3. The number of halogens is 1. The van der Waals surface area contributed by atoms with Crippen molar-refractivity contribution in [1.29, 1.82) is 0 Å². The Morgan fingerprint density at radius 3 is 2.76 bits per heavy atom. The SMILES string of the molecule is NC(=O)c1cccnc1O[C@H]1CC[C@H](NC(=O)c2cnc3cc(Br)ccn23)CC1. The molecule has 0 aromatic carbocycles. The second-order valence-corrected chi connectivity index (χ2v) is 7.92. The maximum absolute atomic E-state index is 12.7. The van der Waals surface area contributed by atoms with Gasteiger partial charge < -0.3 is 15.8 Å². The van der Waals surface area contributed by atoms with Crippen molar-refractivity contribution < 1.29 is 14.3 Å². The van der Waals surface area contributed by atoms with Crippen LogP contribution in [0.4, 0.5) is 0 Å². The number of carbonyl (C=O) groups is 2. The molecule has 1 fully saturated rings. The number of hydrogen-bond acceptors (Lipinski definition) is 5. The zero-order valence-electron chi connectivity index (χ0n) is 15.5. The van der Waals surface area contributed by atoms with Gasteiger partial charge in [0.25, 0.3) is 11.8 Å². The number of amides is 2. The normalized spacial score (nSPS) is 19.1. The maximum Gasteiger partial charge on any atom is 0.270 e. The molecule has 1 saturated carbocycles. The Morgan fingerprint density at radius 2 is 2.00 bits per heavy atom. The van der Waals surface area contributed by atoms with Gasteiger partial charge in [-0.15, -0.1) is 0 Å². The molecule has 3 aromatic rings. The molecular formula is C20H20BrN5O3. The van der Waals surface area contributed by atoms with Gasteiger partial charge in [-0.2, -0.15) is 0 Å². The van der Waals surface area contributed by atoms with E-state index in [1.807, 2.05) is 18.3 Å². The van der Waals surface area contributed by atoms with Crippen LogP contribution in [0.1, 0.15) is 46.5 Å². The van der Waals surface area contributed by atoms with Gasteiger partial charge in [0.05, 0.1) is 6.20 Å². The lowest BCUT2D eigenvalue weighted by Crippen LogP contribution is -2.40. The molecule has 0 atom stereocenters. The van der Waals surface area contributed by atoms with E-state index in [0.717, 1.165) is 30.2 Å². The van der Waals surface area contributed by atoms with Crippen LogP contribution < -0.4 is 15.8 Å². The highest BCUT2D eigenvalue weighted by molar-refractivity contribution is 9.10. The first-order valence-electron chi connectivity index (χ1n) is 9.36. The summed E-state index contributed by atoms with van der Waals surface area (Å²) in [7, 11) is 0. The number of nitrogens with zero attached hydrogens (tertiary/aromatic N) is 3. The van der Waals surface area contributed by atoms with E-state index in [-0.39, 0.29) is 29.5 Å². The van der Waals surface area contributed by atoms with Crippen LogP contribution >= 0.6 is 15.9 Å². The molecule has 29 heavy (non-hydrogen) atoms. The first kappa shape index (κ1) is 19.4. The smallest absolute Gasteiger partial charge is 0.270 e. The molecule has 1 aliphatic carbocycles. The molecule has 8 nitrogen and oxygen atoms in total. The predicted molar refractivity (Wildman–Crippen MR) is 110 cm³/mol. The fourth-order valence-electron chi connectivity index (χ4n) is 3.54. The summed E-state index contributed by atoms with van der Waals surface area (Å²) in [6, 6.07) is 7.04. The largest absolute Gasteiger partial charge is 0.474 e. The third-order valence-corrected chi connectivity index (χ3v) is 5.53. The number of nitrogens with one attached hydrogen (secondary N) is 1. The second-order valence-electron chi connectivity index (χ2n) is 7.00. The number of carbonyl (C=O) groups excluding carboxylic acids is 2. The number of ether oxygens (including phenoxy) is 1. The van der Waals surface area contributed by atoms with Gasteiger partial charge in [-0.1, -0.05) is 15.9 Å². The van der Waals surface area contributed by atoms with Crippen LogP contribution in [0.3, 0.4) is 0 Å². The Balaban J connectivity index is 1.35. The van der Waals surface area contributed by atoms with E-state index in [9.17, 15) is 9.59 Å². The van der Waals surface area contributed by atoms with Crippen molar-refractivity contribution in [2.24, 2.45) is 5.73 Å². The van der Waals surface area contributed by atoms with Crippen LogP contribution in [-0.4, -0.2) is 38.3 Å². The molecular weight excluding hydrogens is 438 g/mol. The lowest BCUT2D eigenvalue weighted by Gasteiger charge is -2.29. The van der Waals surface area contributed by atoms with Crippen LogP contribution in [0.2, 0.25) is 0 Å². The van der Waals surface area contributed by atoms with Crippen molar-refractivity contribution in [2.45, 2.75) is 37.8 Å². The minimum absolute atomic E-state index is 0.0580. The molecule has 3 heterocycles. The number of fused-ring (bicyclic) bond motifs is 1. The highest BCUT2D eigenvalue weighted by Crippen LogP contribution is 2.25. The number of rotatable bonds is 5. The lowest BCUT2D eigenvalue weighted by molar-refractivity contribution is 0.0876. The second kappa shape index (κ2) is 8.20. The van der Waals surface area contributed by atoms with Gasteiger partial charge in [0, 0.05) is 22.9 Å². The summed E-state index contributed by atoms with van der Waals surface area (Å²) in [5, 5.41) is 3.09. The summed E-state index contributed by atoms with van der Waals surface area (Å²) in [4.78, 5) is 32.6. The lowest BCUT2D eigenvalue weighted by atomic mass is 9.93. The van der Waals surface area contributed by atoms with Crippen molar-refractivity contribution in [3.05, 3.63) is 58.6 Å². The number of imidazole rings is 1. The van der Waals surface area contributed by atoms with E-state index in [1.54, 1.807) is 28.9 Å². The van der Waals surface area contributed by atoms with Gasteiger partial charge in [0.15, 0.2) is 0 Å². The Labute approximate surface area is 175 Å². The molecule has 0 unspecified atom stereocenters. The summed E-state index contributed by atoms with van der Waals surface area (Å²) in [6.07, 6.45) is 7.95. The van der Waals surface area contributed by atoms with Crippen molar-refractivity contribution in [3.63, 3.8) is 0 Å². The van der Waals surface area contributed by atoms with Crippen molar-refractivity contribution >= 4 is 33.4 Å². The van der Waals surface area contributed by atoms with Gasteiger partial charge in [0.1, 0.15) is 23.0 Å². The molecule has 0 spiro atoms. The molecule has 0 radical (unpaired) electrons. The topological polar surface area (TPSA) is 112 Å². The van der Waals surface area contributed by atoms with Crippen molar-refractivity contribution in [2.75, 3.05) is 0 Å². The average molecular weight is 458 g/mol. The molecule has 3 aromatic heterocycles. The molecule has 4 rings (SSSR count). The molecule has 0 aliphatic heterocycles. The summed E-state index contributed by atoms with van der Waals surface area (Å²) in [5.41, 5.74) is 6.87. The Morgan fingerprint density at radius 1 is 1.21 bits per heavy atom. The third-order valence-electron chi connectivity index (χ3n) is 5.03. The van der Waals surface area contributed by atoms with Crippen LogP contribution in [0.25, 0.3) is 5.65 Å². The first-order valence-corrected chi connectivity index (χ1v) is 10.2. The van der Waals surface area contributed by atoms with Gasteiger partial charge in [-0.05, 0) is 49.9 Å². The molecule has 0 saturated heterocycles. The van der Waals surface area contributed by atoms with Crippen molar-refractivity contribution in [1.82, 2.24) is 19.7 Å². The molecule has 9 heteroatoms. The zero-order valence-corrected chi connectivity index (χ0v) is 17.1. The molecule has 1 aliphatic rings. The number of nitrogens with two attached hydrogens (primary N) is 1. The molecule has 2 amide bonds. The molecule has 3 N–H and O–H groups in total. The summed E-state index contributed by atoms with van der Waals surface area (Å²) >= 11 is 3.40. The van der Waals surface area contributed by atoms with E-state index >= 15 is 0 Å². The van der Waals surface area contributed by atoms with Gasteiger partial charge in [-0.3, -0.25) is 14.0 Å². The van der Waals surface area contributed by atoms with E-state index < -0.39 is 5.91 Å². The Hall–Kier alpha value is -2.94. The highest BCUT2D eigenvalue weighted by Gasteiger charge is 2.26. The van der Waals surface area contributed by atoms with E-state index in [0.29, 0.717) is 11.3 Å². The summed E-state index contributed by atoms with van der Waals surface area (Å²) in [5.74, 6) is -0.441. The van der Waals surface area contributed by atoms with E-state index in [2.05, 4.69) is 31.2 Å². The Bertz CT molecular complexity index is 1060. The maximum atomic E-state index is 12.7. The van der Waals surface area contributed by atoms with Gasteiger partial charge in [-0.25, -0.2) is 9.97 Å². The van der Waals surface area contributed by atoms with Crippen LogP contribution in [-0.2, 0) is 0 Å². The molecule has 0 bridgehead atoms.